The number of aromatic amines is 2. The fourth-order valence-electron chi connectivity index (χ4n) is 4.14. The van der Waals surface area contributed by atoms with Crippen molar-refractivity contribution in [3.05, 3.63) is 65.4 Å². The summed E-state index contributed by atoms with van der Waals surface area (Å²) in [5, 5.41) is 8.75. The molecule has 2 N–H and O–H groups in total. The van der Waals surface area contributed by atoms with E-state index in [1.54, 1.807) is 6.92 Å². The molecular weight excluding hydrogens is 432 g/mol. The average molecular weight is 453 g/mol. The fraction of sp³-hybridized carbons (Fsp3) is 0.120. The lowest BCUT2D eigenvalue weighted by Crippen LogP contribution is -1.96. The molecule has 1 aromatic carbocycles. The first-order chi connectivity index (χ1) is 16.0. The quantitative estimate of drug-likeness (QED) is 0.333. The maximum absolute atomic E-state index is 11.8. The van der Waals surface area contributed by atoms with E-state index < -0.39 is 0 Å². The van der Waals surface area contributed by atoms with Crippen molar-refractivity contribution in [2.45, 2.75) is 13.8 Å². The van der Waals surface area contributed by atoms with Crippen LogP contribution in [0.15, 0.2) is 54.7 Å². The molecule has 0 saturated heterocycles. The van der Waals surface area contributed by atoms with E-state index in [9.17, 15) is 4.79 Å². The number of thiophene rings is 1. The van der Waals surface area contributed by atoms with Gasteiger partial charge in [0, 0.05) is 28.4 Å². The second-order valence-corrected chi connectivity index (χ2v) is 9.17. The Hall–Kier alpha value is -4.04. The number of carbonyl (C=O) groups is 1. The number of Topliss-reactive ketones (excluding diaryl/α,β-unsaturated/α-hetero) is 1. The van der Waals surface area contributed by atoms with E-state index in [1.807, 2.05) is 61.1 Å². The van der Waals surface area contributed by atoms with Crippen molar-refractivity contribution in [2.75, 3.05) is 0 Å². The number of pyridine rings is 1. The summed E-state index contributed by atoms with van der Waals surface area (Å²) in [6.45, 7) is 3.57. The van der Waals surface area contributed by atoms with Gasteiger partial charge in [0.25, 0.3) is 0 Å². The Kier molecular flexibility index (Phi) is 4.31. The van der Waals surface area contributed by atoms with Crippen molar-refractivity contribution in [3.63, 3.8) is 0 Å². The summed E-state index contributed by atoms with van der Waals surface area (Å²) < 4.78 is 2.03. The van der Waals surface area contributed by atoms with Gasteiger partial charge in [-0.2, -0.15) is 5.10 Å². The molecule has 6 rings (SSSR count). The van der Waals surface area contributed by atoms with Crippen molar-refractivity contribution < 1.29 is 4.79 Å². The SMILES string of the molecule is CC(=O)c1ccc(-c2cccc3[nH]c(-c4n[nH]c5ccc(-c6cnc(C)n6C)nc45)cc23)s1. The maximum atomic E-state index is 11.8. The first-order valence-electron chi connectivity index (χ1n) is 10.6. The summed E-state index contributed by atoms with van der Waals surface area (Å²) >= 11 is 1.52. The standard InChI is InChI=1S/C25H20N6OS/c1-13(32)22-9-10-23(33-22)15-5-4-6-17-16(15)11-20(27-17)25-24-19(29-30-25)8-7-18(28-24)21-12-26-14(2)31(21)3/h4-12,27H,1-3H3,(H,29,30). The first kappa shape index (κ1) is 19.6. The third kappa shape index (κ3) is 3.10. The molecule has 0 amide bonds. The summed E-state index contributed by atoms with van der Waals surface area (Å²) in [6, 6.07) is 16.1. The largest absolute Gasteiger partial charge is 0.353 e. The van der Waals surface area contributed by atoms with Gasteiger partial charge in [0.05, 0.1) is 33.7 Å². The summed E-state index contributed by atoms with van der Waals surface area (Å²) in [4.78, 5) is 26.4. The number of hydrogen-bond donors (Lipinski definition) is 2. The molecule has 33 heavy (non-hydrogen) atoms. The summed E-state index contributed by atoms with van der Waals surface area (Å²) in [7, 11) is 1.99. The molecule has 5 aromatic heterocycles. The van der Waals surface area contributed by atoms with Crippen molar-refractivity contribution in [3.8, 4) is 33.2 Å². The Morgan fingerprint density at radius 3 is 2.73 bits per heavy atom. The highest BCUT2D eigenvalue weighted by molar-refractivity contribution is 7.17. The maximum Gasteiger partial charge on any atom is 0.169 e. The number of carbonyl (C=O) groups excluding carboxylic acids is 1. The lowest BCUT2D eigenvalue weighted by molar-refractivity contribution is 0.102. The van der Waals surface area contributed by atoms with Crippen LogP contribution in [0.2, 0.25) is 0 Å². The predicted octanol–water partition coefficient (Wildman–Crippen LogP) is 5.75. The lowest BCUT2D eigenvalue weighted by Gasteiger charge is -2.03. The number of nitrogens with zero attached hydrogens (tertiary/aromatic N) is 4. The van der Waals surface area contributed by atoms with Gasteiger partial charge in [0.1, 0.15) is 17.0 Å². The van der Waals surface area contributed by atoms with E-state index in [2.05, 4.69) is 32.3 Å². The third-order valence-corrected chi connectivity index (χ3v) is 7.25. The van der Waals surface area contributed by atoms with Crippen LogP contribution in [0.4, 0.5) is 0 Å². The number of aryl methyl sites for hydroxylation is 1. The van der Waals surface area contributed by atoms with Gasteiger partial charge < -0.3 is 9.55 Å². The molecule has 0 unspecified atom stereocenters. The normalized spacial score (nSPS) is 11.6. The van der Waals surface area contributed by atoms with Gasteiger partial charge >= 0.3 is 0 Å². The van der Waals surface area contributed by atoms with Gasteiger partial charge in [-0.1, -0.05) is 12.1 Å². The monoisotopic (exact) mass is 452 g/mol. The highest BCUT2D eigenvalue weighted by Gasteiger charge is 2.17. The van der Waals surface area contributed by atoms with E-state index >= 15 is 0 Å². The summed E-state index contributed by atoms with van der Waals surface area (Å²) in [5.74, 6) is 1.02. The van der Waals surface area contributed by atoms with Gasteiger partial charge in [0.2, 0.25) is 0 Å². The van der Waals surface area contributed by atoms with E-state index in [4.69, 9.17) is 4.98 Å². The average Bonchev–Trinajstić information content (AvgIpc) is 3.59. The van der Waals surface area contributed by atoms with Gasteiger partial charge in [-0.3, -0.25) is 9.89 Å². The number of hydrogen-bond acceptors (Lipinski definition) is 5. The number of fused-ring (bicyclic) bond motifs is 2. The molecular formula is C25H20N6OS. The summed E-state index contributed by atoms with van der Waals surface area (Å²) in [6.07, 6.45) is 1.84. The van der Waals surface area contributed by atoms with Crippen LogP contribution in [0.25, 0.3) is 55.2 Å². The van der Waals surface area contributed by atoms with Crippen molar-refractivity contribution in [2.24, 2.45) is 7.05 Å². The second-order valence-electron chi connectivity index (χ2n) is 8.08. The van der Waals surface area contributed by atoms with Gasteiger partial charge in [-0.05, 0) is 50.2 Å². The fourth-order valence-corrected chi connectivity index (χ4v) is 5.08. The van der Waals surface area contributed by atoms with Crippen LogP contribution < -0.4 is 0 Å². The van der Waals surface area contributed by atoms with Crippen LogP contribution in [-0.2, 0) is 7.05 Å². The molecule has 0 radical (unpaired) electrons. The highest BCUT2D eigenvalue weighted by atomic mass is 32.1. The van der Waals surface area contributed by atoms with E-state index in [0.29, 0.717) is 0 Å². The Bertz CT molecular complexity index is 1680. The molecule has 6 aromatic rings. The molecule has 0 fully saturated rings. The predicted molar refractivity (Wildman–Crippen MR) is 131 cm³/mol. The Morgan fingerprint density at radius 1 is 1.09 bits per heavy atom. The lowest BCUT2D eigenvalue weighted by atomic mass is 10.1. The number of rotatable bonds is 4. The van der Waals surface area contributed by atoms with Crippen LogP contribution in [0, 0.1) is 6.92 Å². The van der Waals surface area contributed by atoms with Gasteiger partial charge in [-0.15, -0.1) is 11.3 Å². The topological polar surface area (TPSA) is 92.3 Å². The van der Waals surface area contributed by atoms with E-state index in [1.165, 1.54) is 11.3 Å². The highest BCUT2D eigenvalue weighted by Crippen LogP contribution is 2.37. The minimum absolute atomic E-state index is 0.0849. The Balaban J connectivity index is 1.49. The minimum atomic E-state index is 0.0849. The molecule has 0 aliphatic carbocycles. The molecule has 0 aliphatic rings. The van der Waals surface area contributed by atoms with Crippen LogP contribution in [0.3, 0.4) is 0 Å². The molecule has 0 saturated carbocycles. The summed E-state index contributed by atoms with van der Waals surface area (Å²) in [5.41, 5.74) is 7.23. The van der Waals surface area contributed by atoms with Crippen LogP contribution >= 0.6 is 11.3 Å². The van der Waals surface area contributed by atoms with Crippen molar-refractivity contribution in [1.29, 1.82) is 0 Å². The number of imidazole rings is 1. The Labute approximate surface area is 193 Å². The first-order valence-corrected chi connectivity index (χ1v) is 11.4. The molecule has 7 nitrogen and oxygen atoms in total. The zero-order chi connectivity index (χ0) is 22.7. The molecule has 162 valence electrons. The number of ketones is 1. The number of nitrogens with one attached hydrogen (secondary N) is 2. The second kappa shape index (κ2) is 7.25. The zero-order valence-corrected chi connectivity index (χ0v) is 19.1. The van der Waals surface area contributed by atoms with Crippen LogP contribution in [-0.4, -0.2) is 35.5 Å². The molecule has 8 heteroatoms. The van der Waals surface area contributed by atoms with E-state index in [-0.39, 0.29) is 5.78 Å². The van der Waals surface area contributed by atoms with E-state index in [0.717, 1.165) is 65.9 Å². The van der Waals surface area contributed by atoms with Crippen molar-refractivity contribution >= 4 is 39.1 Å². The molecule has 5 heterocycles. The van der Waals surface area contributed by atoms with Crippen LogP contribution in [0.5, 0.6) is 0 Å². The third-order valence-electron chi connectivity index (χ3n) is 6.03. The number of benzene rings is 1. The number of H-pyrrole nitrogens is 2. The molecule has 0 atom stereocenters. The number of aromatic nitrogens is 6. The van der Waals surface area contributed by atoms with Gasteiger partial charge in [-0.25, -0.2) is 9.97 Å². The Morgan fingerprint density at radius 2 is 1.97 bits per heavy atom. The van der Waals surface area contributed by atoms with Crippen LogP contribution in [0.1, 0.15) is 22.4 Å². The van der Waals surface area contributed by atoms with Crippen molar-refractivity contribution in [1.82, 2.24) is 29.7 Å². The smallest absolute Gasteiger partial charge is 0.169 e. The molecule has 0 spiro atoms. The molecule has 0 bridgehead atoms. The van der Waals surface area contributed by atoms with Gasteiger partial charge in [0.15, 0.2) is 5.78 Å². The minimum Gasteiger partial charge on any atom is -0.353 e. The molecule has 0 aliphatic heterocycles. The zero-order valence-electron chi connectivity index (χ0n) is 18.3.